The van der Waals surface area contributed by atoms with Gasteiger partial charge in [-0.1, -0.05) is 25.1 Å². The third kappa shape index (κ3) is 2.88. The summed E-state index contributed by atoms with van der Waals surface area (Å²) in [5.41, 5.74) is 3.92. The summed E-state index contributed by atoms with van der Waals surface area (Å²) in [5, 5.41) is 0. The van der Waals surface area contributed by atoms with Crippen molar-refractivity contribution in [1.29, 1.82) is 0 Å². The van der Waals surface area contributed by atoms with Crippen molar-refractivity contribution in [3.8, 4) is 0 Å². The molecule has 22 heavy (non-hydrogen) atoms. The molecule has 2 atom stereocenters. The number of allylic oxidation sites excluding steroid dienone is 1. The summed E-state index contributed by atoms with van der Waals surface area (Å²) in [5.74, 6) is 0.102. The van der Waals surface area contributed by atoms with Crippen molar-refractivity contribution in [2.24, 2.45) is 0 Å². The van der Waals surface area contributed by atoms with Gasteiger partial charge in [0.05, 0.1) is 18.1 Å². The number of ether oxygens (including phenoxy) is 3. The van der Waals surface area contributed by atoms with Crippen LogP contribution in [-0.4, -0.2) is 26.0 Å². The molecular weight excluding hydrogens is 280 g/mol. The van der Waals surface area contributed by atoms with Gasteiger partial charge in [-0.25, -0.2) is 4.79 Å². The van der Waals surface area contributed by atoms with E-state index in [4.69, 9.17) is 14.2 Å². The molecule has 0 bridgehead atoms. The van der Waals surface area contributed by atoms with Crippen LogP contribution in [0, 0.1) is 13.8 Å². The lowest BCUT2D eigenvalue weighted by molar-refractivity contribution is -0.139. The molecule has 0 radical (unpaired) electrons. The molecule has 1 aromatic rings. The van der Waals surface area contributed by atoms with E-state index in [1.54, 1.807) is 7.11 Å². The summed E-state index contributed by atoms with van der Waals surface area (Å²) >= 11 is 0. The highest BCUT2D eigenvalue weighted by Crippen LogP contribution is 2.43. The Morgan fingerprint density at radius 2 is 1.86 bits per heavy atom. The van der Waals surface area contributed by atoms with Crippen molar-refractivity contribution in [3.63, 3.8) is 0 Å². The van der Waals surface area contributed by atoms with Crippen molar-refractivity contribution in [1.82, 2.24) is 0 Å². The van der Waals surface area contributed by atoms with Crippen molar-refractivity contribution in [2.45, 2.75) is 46.3 Å². The lowest BCUT2D eigenvalue weighted by Gasteiger charge is -2.23. The minimum atomic E-state index is -0.492. The third-order valence-corrected chi connectivity index (χ3v) is 4.04. The normalized spacial score (nSPS) is 21.0. The SMILES string of the molecule is CCOC(=O)C1=C(CC)OC(OC)C1c1c(C)cccc1C. The van der Waals surface area contributed by atoms with Crippen molar-refractivity contribution in [2.75, 3.05) is 13.7 Å². The van der Waals surface area contributed by atoms with Crippen LogP contribution in [0.5, 0.6) is 0 Å². The second-order valence-electron chi connectivity index (χ2n) is 5.42. The number of carbonyl (C=O) groups excluding carboxylic acids is 1. The van der Waals surface area contributed by atoms with Crippen molar-refractivity contribution < 1.29 is 19.0 Å². The average molecular weight is 304 g/mol. The quantitative estimate of drug-likeness (QED) is 0.779. The molecule has 1 aliphatic heterocycles. The molecule has 0 aliphatic carbocycles. The topological polar surface area (TPSA) is 44.8 Å². The summed E-state index contributed by atoms with van der Waals surface area (Å²) in [6, 6.07) is 6.10. The number of hydrogen-bond acceptors (Lipinski definition) is 4. The van der Waals surface area contributed by atoms with E-state index in [0.717, 1.165) is 16.7 Å². The zero-order valence-electron chi connectivity index (χ0n) is 13.9. The highest BCUT2D eigenvalue weighted by Gasteiger charge is 2.42. The first-order valence-corrected chi connectivity index (χ1v) is 7.70. The first kappa shape index (κ1) is 16.6. The molecule has 0 fully saturated rings. The predicted octanol–water partition coefficient (Wildman–Crippen LogP) is 3.62. The summed E-state index contributed by atoms with van der Waals surface area (Å²) in [4.78, 5) is 12.5. The molecule has 0 aromatic heterocycles. The number of benzene rings is 1. The fraction of sp³-hybridized carbons (Fsp3) is 0.500. The second-order valence-corrected chi connectivity index (χ2v) is 5.42. The van der Waals surface area contributed by atoms with E-state index in [9.17, 15) is 4.79 Å². The van der Waals surface area contributed by atoms with Gasteiger partial charge in [0.25, 0.3) is 0 Å². The molecule has 1 aromatic carbocycles. The second kappa shape index (κ2) is 6.97. The van der Waals surface area contributed by atoms with Crippen LogP contribution in [0.3, 0.4) is 0 Å². The Balaban J connectivity index is 2.57. The number of rotatable bonds is 5. The molecule has 0 saturated carbocycles. The zero-order valence-corrected chi connectivity index (χ0v) is 13.9. The fourth-order valence-electron chi connectivity index (χ4n) is 3.09. The van der Waals surface area contributed by atoms with E-state index in [1.807, 2.05) is 45.9 Å². The minimum Gasteiger partial charge on any atom is -0.468 e. The maximum atomic E-state index is 12.5. The molecule has 2 rings (SSSR count). The predicted molar refractivity (Wildman–Crippen MR) is 84.5 cm³/mol. The average Bonchev–Trinajstić information content (AvgIpc) is 2.86. The first-order chi connectivity index (χ1) is 10.5. The fourth-order valence-corrected chi connectivity index (χ4v) is 3.09. The molecule has 0 saturated heterocycles. The van der Waals surface area contributed by atoms with E-state index in [-0.39, 0.29) is 11.9 Å². The maximum Gasteiger partial charge on any atom is 0.338 e. The lowest BCUT2D eigenvalue weighted by atomic mass is 9.85. The van der Waals surface area contributed by atoms with Gasteiger partial charge >= 0.3 is 5.97 Å². The lowest BCUT2D eigenvalue weighted by Crippen LogP contribution is -2.24. The monoisotopic (exact) mass is 304 g/mol. The van der Waals surface area contributed by atoms with Crippen LogP contribution in [0.1, 0.15) is 42.9 Å². The van der Waals surface area contributed by atoms with E-state index >= 15 is 0 Å². The summed E-state index contributed by atoms with van der Waals surface area (Å²) < 4.78 is 16.6. The Morgan fingerprint density at radius 3 is 2.36 bits per heavy atom. The molecule has 0 spiro atoms. The number of aryl methyl sites for hydroxylation is 2. The van der Waals surface area contributed by atoms with Gasteiger partial charge in [-0.2, -0.15) is 0 Å². The molecule has 120 valence electrons. The van der Waals surface area contributed by atoms with Gasteiger partial charge in [0.1, 0.15) is 5.76 Å². The Bertz CT molecular complexity index is 568. The van der Waals surface area contributed by atoms with Crippen LogP contribution < -0.4 is 0 Å². The van der Waals surface area contributed by atoms with Gasteiger partial charge in [-0.05, 0) is 37.5 Å². The van der Waals surface area contributed by atoms with E-state index < -0.39 is 6.29 Å². The van der Waals surface area contributed by atoms with Crippen LogP contribution in [0.2, 0.25) is 0 Å². The van der Waals surface area contributed by atoms with Gasteiger partial charge in [0, 0.05) is 13.5 Å². The van der Waals surface area contributed by atoms with Gasteiger partial charge in [0.2, 0.25) is 6.29 Å². The summed E-state index contributed by atoms with van der Waals surface area (Å²) in [6.07, 6.45) is 0.143. The summed E-state index contributed by atoms with van der Waals surface area (Å²) in [7, 11) is 1.60. The number of hydrogen-bond donors (Lipinski definition) is 0. The molecular formula is C18H24O4. The Hall–Kier alpha value is -1.81. The molecule has 1 heterocycles. The van der Waals surface area contributed by atoms with E-state index in [2.05, 4.69) is 0 Å². The van der Waals surface area contributed by atoms with E-state index in [0.29, 0.717) is 24.4 Å². The summed E-state index contributed by atoms with van der Waals surface area (Å²) in [6.45, 7) is 8.20. The molecule has 1 aliphatic rings. The van der Waals surface area contributed by atoms with Crippen LogP contribution in [0.4, 0.5) is 0 Å². The van der Waals surface area contributed by atoms with Gasteiger partial charge in [-0.15, -0.1) is 0 Å². The van der Waals surface area contributed by atoms with Crippen molar-refractivity contribution in [3.05, 3.63) is 46.2 Å². The van der Waals surface area contributed by atoms with Crippen LogP contribution in [0.15, 0.2) is 29.5 Å². The minimum absolute atomic E-state index is 0.250. The Morgan fingerprint density at radius 1 is 1.23 bits per heavy atom. The smallest absolute Gasteiger partial charge is 0.338 e. The molecule has 0 amide bonds. The molecule has 0 N–H and O–H groups in total. The van der Waals surface area contributed by atoms with E-state index in [1.165, 1.54) is 0 Å². The number of carbonyl (C=O) groups is 1. The maximum absolute atomic E-state index is 12.5. The van der Waals surface area contributed by atoms with Crippen molar-refractivity contribution >= 4 is 5.97 Å². The standard InChI is InChI=1S/C18H24O4/c1-6-13-15(17(19)21-7-2)16(18(20-5)22-13)14-11(3)9-8-10-12(14)4/h8-10,16,18H,6-7H2,1-5H3. The number of methoxy groups -OCH3 is 1. The largest absolute Gasteiger partial charge is 0.468 e. The zero-order chi connectivity index (χ0) is 16.3. The van der Waals surface area contributed by atoms with Crippen LogP contribution >= 0.6 is 0 Å². The van der Waals surface area contributed by atoms with Crippen LogP contribution in [0.25, 0.3) is 0 Å². The van der Waals surface area contributed by atoms with Gasteiger partial charge in [0.15, 0.2) is 0 Å². The highest BCUT2D eigenvalue weighted by atomic mass is 16.7. The molecule has 4 heteroatoms. The first-order valence-electron chi connectivity index (χ1n) is 7.70. The Kier molecular flexibility index (Phi) is 5.24. The van der Waals surface area contributed by atoms with Gasteiger partial charge in [-0.3, -0.25) is 0 Å². The van der Waals surface area contributed by atoms with Gasteiger partial charge < -0.3 is 14.2 Å². The highest BCUT2D eigenvalue weighted by molar-refractivity contribution is 5.91. The number of esters is 1. The molecule has 4 nitrogen and oxygen atoms in total. The molecule has 2 unspecified atom stereocenters. The Labute approximate surface area is 132 Å². The third-order valence-electron chi connectivity index (χ3n) is 4.04. The van der Waals surface area contributed by atoms with Crippen LogP contribution in [-0.2, 0) is 19.0 Å².